The fourth-order valence-corrected chi connectivity index (χ4v) is 3.89. The van der Waals surface area contributed by atoms with Gasteiger partial charge in [-0.2, -0.15) is 0 Å². The van der Waals surface area contributed by atoms with Crippen molar-refractivity contribution in [1.29, 1.82) is 0 Å². The highest BCUT2D eigenvalue weighted by molar-refractivity contribution is 7.13. The molecule has 132 valence electrons. The van der Waals surface area contributed by atoms with E-state index in [1.54, 1.807) is 17.5 Å². The Hall–Kier alpha value is -2.28. The minimum Gasteiger partial charge on any atom is -0.480 e. The molecule has 3 rings (SSSR count). The van der Waals surface area contributed by atoms with Gasteiger partial charge in [0.05, 0.1) is 12.1 Å². The Morgan fingerprint density at radius 2 is 2.24 bits per heavy atom. The monoisotopic (exact) mass is 362 g/mol. The van der Waals surface area contributed by atoms with Crippen LogP contribution < -0.4 is 0 Å². The summed E-state index contributed by atoms with van der Waals surface area (Å²) in [5.41, 5.74) is 1.25. The first-order valence-corrected chi connectivity index (χ1v) is 9.04. The molecule has 0 radical (unpaired) electrons. The lowest BCUT2D eigenvalue weighted by Gasteiger charge is -2.35. The predicted octanol–water partition coefficient (Wildman–Crippen LogP) is 3.20. The number of carbonyl (C=O) groups is 2. The van der Waals surface area contributed by atoms with Crippen LogP contribution in [0.3, 0.4) is 0 Å². The largest absolute Gasteiger partial charge is 0.480 e. The number of piperidine rings is 1. The Morgan fingerprint density at radius 1 is 1.44 bits per heavy atom. The Labute approximate surface area is 149 Å². The zero-order valence-electron chi connectivity index (χ0n) is 13.8. The average Bonchev–Trinajstić information content (AvgIpc) is 3.03. The third-order valence-electron chi connectivity index (χ3n) is 4.43. The molecule has 1 fully saturated rings. The molecule has 0 spiro atoms. The second-order valence-electron chi connectivity index (χ2n) is 6.40. The van der Waals surface area contributed by atoms with E-state index in [0.29, 0.717) is 35.1 Å². The van der Waals surface area contributed by atoms with Gasteiger partial charge in [-0.3, -0.25) is 4.79 Å². The minimum absolute atomic E-state index is 0.0595. The molecule has 1 N–H and O–H groups in total. The van der Waals surface area contributed by atoms with Gasteiger partial charge in [0.2, 0.25) is 5.91 Å². The van der Waals surface area contributed by atoms with Crippen LogP contribution in [0.15, 0.2) is 29.6 Å². The fraction of sp³-hybridized carbons (Fsp3) is 0.389. The molecule has 0 aliphatic carbocycles. The third-order valence-corrected chi connectivity index (χ3v) is 5.37. The number of carbonyl (C=O) groups excluding carboxylic acids is 1. The van der Waals surface area contributed by atoms with E-state index in [9.17, 15) is 19.1 Å². The smallest absolute Gasteiger partial charge is 0.326 e. The van der Waals surface area contributed by atoms with Gasteiger partial charge in [0, 0.05) is 17.5 Å². The van der Waals surface area contributed by atoms with Crippen molar-refractivity contribution in [2.75, 3.05) is 6.54 Å². The minimum atomic E-state index is -0.960. The van der Waals surface area contributed by atoms with Crippen molar-refractivity contribution in [2.24, 2.45) is 5.92 Å². The number of amides is 1. The second-order valence-corrected chi connectivity index (χ2v) is 7.26. The van der Waals surface area contributed by atoms with Crippen molar-refractivity contribution in [2.45, 2.75) is 32.2 Å². The number of nitrogens with zero attached hydrogens (tertiary/aromatic N) is 2. The summed E-state index contributed by atoms with van der Waals surface area (Å²) >= 11 is 1.34. The number of carboxylic acid groups (broad SMARTS) is 1. The zero-order chi connectivity index (χ0) is 18.0. The van der Waals surface area contributed by atoms with Gasteiger partial charge in [0.1, 0.15) is 16.9 Å². The van der Waals surface area contributed by atoms with E-state index in [2.05, 4.69) is 4.98 Å². The Morgan fingerprint density at radius 3 is 2.96 bits per heavy atom. The lowest BCUT2D eigenvalue weighted by atomic mass is 9.92. The summed E-state index contributed by atoms with van der Waals surface area (Å²) in [5, 5.41) is 11.8. The molecule has 1 saturated heterocycles. The van der Waals surface area contributed by atoms with Crippen molar-refractivity contribution in [3.05, 3.63) is 41.2 Å². The molecular formula is C18H19FN2O3S. The van der Waals surface area contributed by atoms with E-state index in [0.717, 1.165) is 6.42 Å². The number of thiazole rings is 1. The van der Waals surface area contributed by atoms with E-state index < -0.39 is 12.0 Å². The van der Waals surface area contributed by atoms with Crippen molar-refractivity contribution in [3.63, 3.8) is 0 Å². The lowest BCUT2D eigenvalue weighted by Crippen LogP contribution is -2.50. The normalized spacial score (nSPS) is 20.5. The zero-order valence-corrected chi connectivity index (χ0v) is 14.6. The van der Waals surface area contributed by atoms with Gasteiger partial charge in [-0.1, -0.05) is 19.1 Å². The summed E-state index contributed by atoms with van der Waals surface area (Å²) in [6, 6.07) is 5.38. The highest BCUT2D eigenvalue weighted by Gasteiger charge is 2.34. The van der Waals surface area contributed by atoms with E-state index in [1.807, 2.05) is 6.92 Å². The van der Waals surface area contributed by atoms with E-state index >= 15 is 0 Å². The Kier molecular flexibility index (Phi) is 5.13. The van der Waals surface area contributed by atoms with Crippen LogP contribution in [0, 0.1) is 11.7 Å². The lowest BCUT2D eigenvalue weighted by molar-refractivity contribution is -0.152. The number of likely N-dealkylation sites (tertiary alicyclic amines) is 1. The van der Waals surface area contributed by atoms with Gasteiger partial charge in [-0.05, 0) is 30.9 Å². The van der Waals surface area contributed by atoms with Gasteiger partial charge in [0.15, 0.2) is 0 Å². The van der Waals surface area contributed by atoms with Gasteiger partial charge < -0.3 is 10.0 Å². The van der Waals surface area contributed by atoms with Crippen LogP contribution in [0.4, 0.5) is 4.39 Å². The van der Waals surface area contributed by atoms with Gasteiger partial charge in [-0.15, -0.1) is 11.3 Å². The van der Waals surface area contributed by atoms with Gasteiger partial charge >= 0.3 is 5.97 Å². The van der Waals surface area contributed by atoms with Crippen LogP contribution in [0.2, 0.25) is 0 Å². The van der Waals surface area contributed by atoms with Crippen LogP contribution >= 0.6 is 11.3 Å². The first-order valence-electron chi connectivity index (χ1n) is 8.16. The molecular weight excluding hydrogens is 343 g/mol. The molecule has 1 amide bonds. The quantitative estimate of drug-likeness (QED) is 0.907. The van der Waals surface area contributed by atoms with E-state index in [1.165, 1.54) is 28.4 Å². The number of aliphatic carboxylic acids is 1. The standard InChI is InChI=1S/C18H19FN2O3S/c1-11-5-6-21(15(7-11)18(23)24)16(22)9-14-10-25-17(20-14)12-3-2-4-13(19)8-12/h2-4,8,10-11,15H,5-7,9H2,1H3,(H,23,24). The number of carboxylic acids is 1. The molecule has 1 aliphatic heterocycles. The molecule has 0 saturated carbocycles. The maximum absolute atomic E-state index is 13.3. The molecule has 2 unspecified atom stereocenters. The van der Waals surface area contributed by atoms with Crippen LogP contribution in [0.5, 0.6) is 0 Å². The molecule has 2 atom stereocenters. The summed E-state index contributed by atoms with van der Waals surface area (Å²) in [6.07, 6.45) is 1.35. The highest BCUT2D eigenvalue weighted by Crippen LogP contribution is 2.26. The third kappa shape index (κ3) is 4.04. The maximum Gasteiger partial charge on any atom is 0.326 e. The summed E-state index contributed by atoms with van der Waals surface area (Å²) in [4.78, 5) is 29.8. The van der Waals surface area contributed by atoms with Crippen LogP contribution in [0.25, 0.3) is 10.6 Å². The molecule has 0 bridgehead atoms. The van der Waals surface area contributed by atoms with Crippen molar-refractivity contribution < 1.29 is 19.1 Å². The number of rotatable bonds is 4. The summed E-state index contributed by atoms with van der Waals surface area (Å²) < 4.78 is 13.3. The predicted molar refractivity (Wildman–Crippen MR) is 92.7 cm³/mol. The summed E-state index contributed by atoms with van der Waals surface area (Å²) in [5.74, 6) is -1.23. The maximum atomic E-state index is 13.3. The SMILES string of the molecule is CC1CCN(C(=O)Cc2csc(-c3cccc(F)c3)n2)C(C(=O)O)C1. The molecule has 1 aromatic carbocycles. The number of benzene rings is 1. The Balaban J connectivity index is 1.72. The summed E-state index contributed by atoms with van der Waals surface area (Å²) in [7, 11) is 0. The summed E-state index contributed by atoms with van der Waals surface area (Å²) in [6.45, 7) is 2.46. The second kappa shape index (κ2) is 7.31. The van der Waals surface area contributed by atoms with Crippen molar-refractivity contribution in [3.8, 4) is 10.6 Å². The fourth-order valence-electron chi connectivity index (χ4n) is 3.07. The number of aromatic nitrogens is 1. The van der Waals surface area contributed by atoms with E-state index in [-0.39, 0.29) is 18.1 Å². The molecule has 1 aliphatic rings. The average molecular weight is 362 g/mol. The van der Waals surface area contributed by atoms with E-state index in [4.69, 9.17) is 0 Å². The van der Waals surface area contributed by atoms with Crippen molar-refractivity contribution in [1.82, 2.24) is 9.88 Å². The molecule has 1 aromatic heterocycles. The molecule has 5 nitrogen and oxygen atoms in total. The van der Waals surface area contributed by atoms with Crippen LogP contribution in [-0.2, 0) is 16.0 Å². The van der Waals surface area contributed by atoms with Gasteiger partial charge in [0.25, 0.3) is 0 Å². The molecule has 2 heterocycles. The molecule has 25 heavy (non-hydrogen) atoms. The van der Waals surface area contributed by atoms with Crippen LogP contribution in [-0.4, -0.2) is 39.5 Å². The Bertz CT molecular complexity index is 792. The number of hydrogen-bond acceptors (Lipinski definition) is 4. The first-order chi connectivity index (χ1) is 11.9. The van der Waals surface area contributed by atoms with Gasteiger partial charge in [-0.25, -0.2) is 14.2 Å². The topological polar surface area (TPSA) is 70.5 Å². The molecule has 7 heteroatoms. The van der Waals surface area contributed by atoms with Crippen molar-refractivity contribution >= 4 is 23.2 Å². The highest BCUT2D eigenvalue weighted by atomic mass is 32.1. The molecule has 2 aromatic rings. The number of halogens is 1. The first kappa shape index (κ1) is 17.5. The van der Waals surface area contributed by atoms with Crippen LogP contribution in [0.1, 0.15) is 25.5 Å². The number of hydrogen-bond donors (Lipinski definition) is 1.